The van der Waals surface area contributed by atoms with Gasteiger partial charge in [-0.25, -0.2) is 8.42 Å². The van der Waals surface area contributed by atoms with Gasteiger partial charge in [0.25, 0.3) is 9.05 Å². The zero-order valence-electron chi connectivity index (χ0n) is 9.28. The smallest absolute Gasteiger partial charge is 0.262 e. The van der Waals surface area contributed by atoms with Crippen molar-refractivity contribution in [3.8, 4) is 5.75 Å². The van der Waals surface area contributed by atoms with Crippen molar-refractivity contribution in [2.75, 3.05) is 0 Å². The van der Waals surface area contributed by atoms with Gasteiger partial charge in [0.2, 0.25) is 0 Å². The zero-order valence-corrected chi connectivity index (χ0v) is 10.9. The highest BCUT2D eigenvalue weighted by Crippen LogP contribution is 2.19. The van der Waals surface area contributed by atoms with Gasteiger partial charge in [-0.15, -0.1) is 0 Å². The second-order valence-electron chi connectivity index (χ2n) is 3.57. The Bertz CT molecular complexity index is 629. The van der Waals surface area contributed by atoms with Crippen LogP contribution in [0.15, 0.2) is 53.7 Å². The molecule has 0 aliphatic rings. The van der Waals surface area contributed by atoms with E-state index in [0.29, 0.717) is 12.4 Å². The van der Waals surface area contributed by atoms with E-state index in [0.717, 1.165) is 5.56 Å². The molecule has 18 heavy (non-hydrogen) atoms. The van der Waals surface area contributed by atoms with Crippen LogP contribution < -0.4 is 4.74 Å². The molecule has 94 valence electrons. The van der Waals surface area contributed by atoms with Crippen LogP contribution in [0, 0.1) is 0 Å². The van der Waals surface area contributed by atoms with Gasteiger partial charge in [-0.3, -0.25) is 4.98 Å². The molecule has 1 heterocycles. The zero-order chi connectivity index (χ0) is 13.0. The van der Waals surface area contributed by atoms with Crippen LogP contribution in [0.1, 0.15) is 5.56 Å². The third kappa shape index (κ3) is 3.45. The lowest BCUT2D eigenvalue weighted by Gasteiger charge is -2.06. The minimum Gasteiger partial charge on any atom is -0.487 e. The van der Waals surface area contributed by atoms with E-state index in [1.807, 2.05) is 30.3 Å². The van der Waals surface area contributed by atoms with Crippen molar-refractivity contribution in [3.05, 3.63) is 54.4 Å². The standard InChI is InChI=1S/C12H10ClNO3S/c13-18(15,16)12-6-11(7-14-8-12)17-9-10-4-2-1-3-5-10/h1-8H,9H2. The molecule has 0 aliphatic carbocycles. The summed E-state index contributed by atoms with van der Waals surface area (Å²) in [6.45, 7) is 0.342. The molecule has 0 unspecified atom stereocenters. The van der Waals surface area contributed by atoms with Gasteiger partial charge < -0.3 is 4.74 Å². The normalized spacial score (nSPS) is 11.2. The minimum atomic E-state index is -3.78. The van der Waals surface area contributed by atoms with Crippen LogP contribution >= 0.6 is 10.7 Å². The van der Waals surface area contributed by atoms with Crippen molar-refractivity contribution in [3.63, 3.8) is 0 Å². The fourth-order valence-corrected chi connectivity index (χ4v) is 2.05. The number of hydrogen-bond donors (Lipinski definition) is 0. The fraction of sp³-hybridized carbons (Fsp3) is 0.0833. The molecule has 1 aromatic carbocycles. The van der Waals surface area contributed by atoms with Gasteiger partial charge in [0, 0.05) is 22.9 Å². The first-order valence-corrected chi connectivity index (χ1v) is 7.43. The molecular formula is C12H10ClNO3S. The van der Waals surface area contributed by atoms with Gasteiger partial charge in [-0.2, -0.15) is 0 Å². The third-order valence-electron chi connectivity index (χ3n) is 2.22. The molecule has 2 rings (SSSR count). The lowest BCUT2D eigenvalue weighted by molar-refractivity contribution is 0.304. The second kappa shape index (κ2) is 5.37. The predicted molar refractivity (Wildman–Crippen MR) is 68.0 cm³/mol. The molecule has 0 saturated carbocycles. The number of ether oxygens (including phenoxy) is 1. The van der Waals surface area contributed by atoms with Gasteiger partial charge in [-0.05, 0) is 5.56 Å². The lowest BCUT2D eigenvalue weighted by atomic mass is 10.2. The molecule has 0 bridgehead atoms. The summed E-state index contributed by atoms with van der Waals surface area (Å²) in [4.78, 5) is 3.70. The van der Waals surface area contributed by atoms with Crippen molar-refractivity contribution in [1.29, 1.82) is 0 Å². The molecule has 2 aromatic rings. The summed E-state index contributed by atoms with van der Waals surface area (Å²) in [7, 11) is 1.45. The van der Waals surface area contributed by atoms with Crippen LogP contribution in [0.25, 0.3) is 0 Å². The topological polar surface area (TPSA) is 56.3 Å². The first-order chi connectivity index (χ1) is 8.55. The molecule has 1 aromatic heterocycles. The van der Waals surface area contributed by atoms with Gasteiger partial charge in [-0.1, -0.05) is 30.3 Å². The van der Waals surface area contributed by atoms with Crippen LogP contribution in [0.4, 0.5) is 0 Å². The molecular weight excluding hydrogens is 274 g/mol. The van der Waals surface area contributed by atoms with Crippen LogP contribution in [0.3, 0.4) is 0 Å². The van der Waals surface area contributed by atoms with E-state index in [4.69, 9.17) is 15.4 Å². The number of hydrogen-bond acceptors (Lipinski definition) is 4. The number of nitrogens with zero attached hydrogens (tertiary/aromatic N) is 1. The average Bonchev–Trinajstić information content (AvgIpc) is 2.37. The fourth-order valence-electron chi connectivity index (χ4n) is 1.35. The molecule has 0 N–H and O–H groups in total. The van der Waals surface area contributed by atoms with E-state index in [2.05, 4.69) is 4.98 Å². The molecule has 4 nitrogen and oxygen atoms in total. The maximum absolute atomic E-state index is 11.1. The Hall–Kier alpha value is -1.59. The summed E-state index contributed by atoms with van der Waals surface area (Å²) < 4.78 is 27.7. The minimum absolute atomic E-state index is 0.0743. The average molecular weight is 284 g/mol. The maximum Gasteiger partial charge on any atom is 0.262 e. The molecule has 0 spiro atoms. The maximum atomic E-state index is 11.1. The summed E-state index contributed by atoms with van der Waals surface area (Å²) in [6, 6.07) is 10.9. The van der Waals surface area contributed by atoms with Crippen molar-refractivity contribution in [2.24, 2.45) is 0 Å². The number of benzene rings is 1. The molecule has 6 heteroatoms. The summed E-state index contributed by atoms with van der Waals surface area (Å²) in [5, 5.41) is 0. The van der Waals surface area contributed by atoms with Crippen LogP contribution in [0.5, 0.6) is 5.75 Å². The van der Waals surface area contributed by atoms with Crippen molar-refractivity contribution >= 4 is 19.7 Å². The summed E-state index contributed by atoms with van der Waals surface area (Å²) in [5.74, 6) is 0.362. The quantitative estimate of drug-likeness (QED) is 0.809. The highest BCUT2D eigenvalue weighted by Gasteiger charge is 2.11. The van der Waals surface area contributed by atoms with E-state index in [1.54, 1.807) is 0 Å². The Kier molecular flexibility index (Phi) is 3.84. The lowest BCUT2D eigenvalue weighted by Crippen LogP contribution is -1.98. The third-order valence-corrected chi connectivity index (χ3v) is 3.54. The molecule has 0 fully saturated rings. The Morgan fingerprint density at radius 3 is 2.56 bits per heavy atom. The van der Waals surface area contributed by atoms with E-state index < -0.39 is 9.05 Å². The van der Waals surface area contributed by atoms with Crippen LogP contribution in [0.2, 0.25) is 0 Å². The summed E-state index contributed by atoms with van der Waals surface area (Å²) >= 11 is 0. The van der Waals surface area contributed by atoms with Gasteiger partial charge >= 0.3 is 0 Å². The van der Waals surface area contributed by atoms with Crippen molar-refractivity contribution in [1.82, 2.24) is 4.98 Å². The van der Waals surface area contributed by atoms with E-state index in [1.165, 1.54) is 18.5 Å². The number of halogens is 1. The van der Waals surface area contributed by atoms with E-state index in [9.17, 15) is 8.42 Å². The summed E-state index contributed by atoms with van der Waals surface area (Å²) in [5.41, 5.74) is 0.983. The Labute approximate surface area is 110 Å². The monoisotopic (exact) mass is 283 g/mol. The Balaban J connectivity index is 2.11. The first kappa shape index (κ1) is 12.9. The number of rotatable bonds is 4. The number of pyridine rings is 1. The Morgan fingerprint density at radius 2 is 1.89 bits per heavy atom. The van der Waals surface area contributed by atoms with E-state index >= 15 is 0 Å². The Morgan fingerprint density at radius 1 is 1.17 bits per heavy atom. The largest absolute Gasteiger partial charge is 0.487 e. The number of aromatic nitrogens is 1. The van der Waals surface area contributed by atoms with Gasteiger partial charge in [0.05, 0.1) is 6.20 Å². The first-order valence-electron chi connectivity index (χ1n) is 5.12. The van der Waals surface area contributed by atoms with E-state index in [-0.39, 0.29) is 4.90 Å². The van der Waals surface area contributed by atoms with Gasteiger partial charge in [0.15, 0.2) is 0 Å². The van der Waals surface area contributed by atoms with Gasteiger partial charge in [0.1, 0.15) is 17.3 Å². The van der Waals surface area contributed by atoms with Crippen molar-refractivity contribution in [2.45, 2.75) is 11.5 Å². The highest BCUT2D eigenvalue weighted by molar-refractivity contribution is 8.13. The van der Waals surface area contributed by atoms with Crippen LogP contribution in [-0.4, -0.2) is 13.4 Å². The molecule has 0 amide bonds. The highest BCUT2D eigenvalue weighted by atomic mass is 35.7. The van der Waals surface area contributed by atoms with Crippen molar-refractivity contribution < 1.29 is 13.2 Å². The molecule has 0 atom stereocenters. The SMILES string of the molecule is O=S(=O)(Cl)c1cncc(OCc2ccccc2)c1. The molecule has 0 saturated heterocycles. The second-order valence-corrected chi connectivity index (χ2v) is 6.13. The molecule has 0 radical (unpaired) electrons. The predicted octanol–water partition coefficient (Wildman–Crippen LogP) is 2.59. The molecule has 0 aliphatic heterocycles. The summed E-state index contributed by atoms with van der Waals surface area (Å²) in [6.07, 6.45) is 2.62. The van der Waals surface area contributed by atoms with Crippen LogP contribution in [-0.2, 0) is 15.7 Å².